The zero-order valence-corrected chi connectivity index (χ0v) is 59.2. The number of amidine groups is 3. The third kappa shape index (κ3) is 18.4. The summed E-state index contributed by atoms with van der Waals surface area (Å²) >= 11 is 23.0. The smallest absolute Gasteiger partial charge is 0.338 e. The van der Waals surface area contributed by atoms with Gasteiger partial charge < -0.3 is 59.7 Å². The van der Waals surface area contributed by atoms with Gasteiger partial charge in [-0.2, -0.15) is 0 Å². The van der Waals surface area contributed by atoms with Crippen molar-refractivity contribution in [3.05, 3.63) is 187 Å². The van der Waals surface area contributed by atoms with Crippen LogP contribution in [0.5, 0.6) is 0 Å². The number of hydrogen-bond acceptors (Lipinski definition) is 27. The fourth-order valence-corrected chi connectivity index (χ4v) is 14.0. The second-order valence-electron chi connectivity index (χ2n) is 22.6. The number of carboxylic acid groups (broad SMARTS) is 3. The van der Waals surface area contributed by atoms with Crippen LogP contribution in [0.3, 0.4) is 0 Å². The highest BCUT2D eigenvalue weighted by Crippen LogP contribution is 2.41. The van der Waals surface area contributed by atoms with E-state index in [1.165, 1.54) is 52.2 Å². The number of nitrogens with one attached hydrogen (secondary N) is 3. The van der Waals surface area contributed by atoms with E-state index in [1.54, 1.807) is 83.0 Å². The predicted octanol–water partition coefficient (Wildman–Crippen LogP) is 7.89. The highest BCUT2D eigenvalue weighted by molar-refractivity contribution is 7.12. The van der Waals surface area contributed by atoms with Crippen LogP contribution in [0, 0.1) is 17.5 Å². The number of thiazole rings is 3. The molecule has 27 nitrogen and oxygen atoms in total. The lowest BCUT2D eigenvalue weighted by atomic mass is 9.94. The number of hydrogen-bond donors (Lipinski definition) is 6. The summed E-state index contributed by atoms with van der Waals surface area (Å²) in [5.41, 5.74) is 2.60. The molecule has 12 rings (SSSR count). The van der Waals surface area contributed by atoms with Gasteiger partial charge >= 0.3 is 35.8 Å². The van der Waals surface area contributed by atoms with E-state index in [0.717, 1.165) is 18.2 Å². The molecule has 540 valence electrons. The zero-order chi connectivity index (χ0) is 72.7. The average molecular weight is 1530 g/mol. The van der Waals surface area contributed by atoms with E-state index >= 15 is 0 Å². The van der Waals surface area contributed by atoms with Crippen LogP contribution in [0.2, 0.25) is 15.1 Å². The second-order valence-corrected chi connectivity index (χ2v) is 26.5. The van der Waals surface area contributed by atoms with Crippen LogP contribution < -0.4 is 16.0 Å². The van der Waals surface area contributed by atoms with Crippen LogP contribution >= 0.6 is 68.8 Å². The Morgan fingerprint density at radius 1 is 0.500 bits per heavy atom. The molecule has 6 aromatic rings. The Balaban J connectivity index is 0.000000165. The molecule has 3 aromatic heterocycles. The van der Waals surface area contributed by atoms with Crippen molar-refractivity contribution >= 4 is 122 Å². The van der Waals surface area contributed by atoms with Crippen LogP contribution in [-0.4, -0.2) is 215 Å². The number of carbonyl (C=O) groups is 6. The van der Waals surface area contributed by atoms with Crippen molar-refractivity contribution in [2.24, 2.45) is 15.0 Å². The van der Waals surface area contributed by atoms with Gasteiger partial charge in [0.1, 0.15) is 53.7 Å². The Morgan fingerprint density at radius 2 is 0.833 bits per heavy atom. The first kappa shape index (κ1) is 76.1. The fraction of sp³-hybridized carbons (Fsp3) is 0.364. The Morgan fingerprint density at radius 3 is 1.15 bits per heavy atom. The summed E-state index contributed by atoms with van der Waals surface area (Å²) in [5, 5.41) is 46.3. The molecule has 0 saturated carbocycles. The minimum Gasteiger partial charge on any atom is -0.480 e. The molecule has 3 fully saturated rings. The molecule has 0 radical (unpaired) electrons. The number of aliphatic carboxylic acids is 3. The number of nitrogens with zero attached hydrogens (tertiary/aromatic N) is 9. The van der Waals surface area contributed by atoms with Crippen molar-refractivity contribution in [2.75, 3.05) is 98.7 Å². The maximum absolute atomic E-state index is 14.9. The van der Waals surface area contributed by atoms with Crippen LogP contribution in [0.1, 0.15) is 70.6 Å². The van der Waals surface area contributed by atoms with E-state index in [2.05, 4.69) is 35.9 Å². The molecule has 102 heavy (non-hydrogen) atoms. The van der Waals surface area contributed by atoms with E-state index in [-0.39, 0.29) is 92.4 Å². The number of halogens is 6. The number of aliphatic imine (C=N–C) groups is 3. The summed E-state index contributed by atoms with van der Waals surface area (Å²) in [6.45, 7) is 7.77. The van der Waals surface area contributed by atoms with Gasteiger partial charge in [-0.25, -0.2) is 42.5 Å². The molecule has 6 aliphatic rings. The van der Waals surface area contributed by atoms with E-state index in [0.29, 0.717) is 104 Å². The summed E-state index contributed by atoms with van der Waals surface area (Å²) in [7, 11) is 0. The van der Waals surface area contributed by atoms with Crippen molar-refractivity contribution in [1.82, 2.24) is 45.6 Å². The van der Waals surface area contributed by atoms with Gasteiger partial charge in [-0.1, -0.05) is 53.0 Å². The number of carboxylic acids is 3. The van der Waals surface area contributed by atoms with Gasteiger partial charge in [-0.15, -0.1) is 34.0 Å². The van der Waals surface area contributed by atoms with Gasteiger partial charge in [0.15, 0.2) is 32.5 Å². The molecule has 0 aliphatic carbocycles. The molecule has 3 aromatic carbocycles. The summed E-state index contributed by atoms with van der Waals surface area (Å²) in [5.74, 6) is -6.05. The molecule has 6 N–H and O–H groups in total. The van der Waals surface area contributed by atoms with Gasteiger partial charge in [0.05, 0.1) is 76.2 Å². The normalized spacial score (nSPS) is 21.1. The van der Waals surface area contributed by atoms with Crippen LogP contribution in [0.4, 0.5) is 13.2 Å². The van der Waals surface area contributed by atoms with Crippen LogP contribution in [-0.2, 0) is 57.2 Å². The minimum atomic E-state index is -1.15. The quantitative estimate of drug-likeness (QED) is 0.0294. The first-order valence-corrected chi connectivity index (χ1v) is 35.4. The molecule has 6 unspecified atom stereocenters. The van der Waals surface area contributed by atoms with Crippen molar-refractivity contribution in [1.29, 1.82) is 0 Å². The molecule has 6 aliphatic heterocycles. The van der Waals surface area contributed by atoms with E-state index < -0.39 is 89.5 Å². The standard InChI is InChI=1S/C22H22Cl2N4O5S.C22H22ClFN4O5S.C22H22F2N4O5S/c1-2-33-22(31)17-15(10-28-6-7-32-11-16(28)21(29)30)26-19(20-25-5-8-34-20)27-18(17)13-4-3-12(23)9-14(13)24;1-2-33-22(31)17-15(10-28-6-7-32-11-16(28)21(29)30)26-19(20-25-5-8-34-20)27-18(17)13-4-3-12(24)9-14(13)23;1-2-33-22(31)17-15(10-28-6-7-32-11-16(28)21(29)30)26-19(20-25-5-8-34-20)27-18(17)13-4-3-12(23)9-14(13)24/h3*3-5,8-9,16,18H,2,6-7,10-11H2,1H3,(H,26,27)(H,29,30). The van der Waals surface area contributed by atoms with Gasteiger partial charge in [0.25, 0.3) is 0 Å². The van der Waals surface area contributed by atoms with E-state index in [9.17, 15) is 57.3 Å². The minimum absolute atomic E-state index is 0.0121. The largest absolute Gasteiger partial charge is 0.480 e. The number of carbonyl (C=O) groups excluding carboxylic acids is 3. The number of aromatic nitrogens is 3. The number of ether oxygens (including phenoxy) is 6. The second kappa shape index (κ2) is 35.5. The highest BCUT2D eigenvalue weighted by Gasteiger charge is 2.42. The van der Waals surface area contributed by atoms with Gasteiger partial charge in [-0.3, -0.25) is 44.1 Å². The molecule has 36 heteroatoms. The van der Waals surface area contributed by atoms with Crippen molar-refractivity contribution in [3.63, 3.8) is 0 Å². The topological polar surface area (TPSA) is 340 Å². The molecule has 3 saturated heterocycles. The van der Waals surface area contributed by atoms with Crippen molar-refractivity contribution in [3.8, 4) is 0 Å². The Kier molecular flexibility index (Phi) is 26.5. The maximum Gasteiger partial charge on any atom is 0.338 e. The monoisotopic (exact) mass is 1520 g/mol. The molecule has 0 spiro atoms. The Labute approximate surface area is 607 Å². The Bertz CT molecular complexity index is 3840. The zero-order valence-electron chi connectivity index (χ0n) is 54.5. The lowest BCUT2D eigenvalue weighted by Gasteiger charge is -2.35. The fourth-order valence-electron chi connectivity index (χ4n) is 11.5. The molecule has 0 bridgehead atoms. The van der Waals surface area contributed by atoms with Gasteiger partial charge in [0, 0.05) is 129 Å². The SMILES string of the molecule is CCOC(=O)C1=C(CN2CCOCC2C(=O)O)NC(c2nccs2)=NC1c1ccc(Cl)cc1Cl.CCOC(=O)C1=C(CN2CCOCC2C(=O)O)NC(c2nccs2)=NC1c1ccc(F)cc1Cl.CCOC(=O)C1=C(CN2CCOCC2C(=O)O)NC(c2nccs2)=NC1c1ccc(F)cc1F. The maximum atomic E-state index is 14.9. The van der Waals surface area contributed by atoms with Gasteiger partial charge in [-0.05, 0) is 51.1 Å². The van der Waals surface area contributed by atoms with E-state index in [4.69, 9.17) is 73.2 Å². The molecule has 0 amide bonds. The number of esters is 3. The highest BCUT2D eigenvalue weighted by atomic mass is 35.5. The van der Waals surface area contributed by atoms with Crippen LogP contribution in [0.25, 0.3) is 0 Å². The van der Waals surface area contributed by atoms with Crippen molar-refractivity contribution in [2.45, 2.75) is 57.0 Å². The number of benzene rings is 3. The molecule has 9 heterocycles. The molecular formula is C66H66Cl3F3N12O15S3. The molecule has 6 atom stereocenters. The predicted molar refractivity (Wildman–Crippen MR) is 370 cm³/mol. The van der Waals surface area contributed by atoms with Crippen molar-refractivity contribution < 1.29 is 85.7 Å². The van der Waals surface area contributed by atoms with E-state index in [1.807, 2.05) is 5.38 Å². The summed E-state index contributed by atoms with van der Waals surface area (Å²) in [6, 6.07) is 6.35. The van der Waals surface area contributed by atoms with Gasteiger partial charge in [0.2, 0.25) is 0 Å². The lowest BCUT2D eigenvalue weighted by Crippen LogP contribution is -2.52. The number of morpholine rings is 3. The first-order valence-electron chi connectivity index (χ1n) is 31.6. The summed E-state index contributed by atoms with van der Waals surface area (Å²) in [6.07, 6.45) is 4.85. The third-order valence-corrected chi connectivity index (χ3v) is 19.4. The average Bonchev–Trinajstić information content (AvgIpc) is 0.961. The van der Waals surface area contributed by atoms with Crippen LogP contribution in [0.15, 0.2) is 138 Å². The Hall–Kier alpha value is -8.58. The molecular weight excluding hydrogens is 1460 g/mol. The lowest BCUT2D eigenvalue weighted by molar-refractivity contribution is -0.150. The summed E-state index contributed by atoms with van der Waals surface area (Å²) < 4.78 is 74.2. The number of rotatable bonds is 21. The first-order chi connectivity index (χ1) is 49.2. The summed E-state index contributed by atoms with van der Waals surface area (Å²) in [4.78, 5) is 107. The third-order valence-electron chi connectivity index (χ3n) is 16.2.